The van der Waals surface area contributed by atoms with Gasteiger partial charge in [-0.25, -0.2) is 4.90 Å². The maximum absolute atomic E-state index is 13.3. The molecule has 2 aromatic carbocycles. The Hall–Kier alpha value is -2.92. The van der Waals surface area contributed by atoms with Crippen LogP contribution in [0.1, 0.15) is 16.8 Å². The van der Waals surface area contributed by atoms with Gasteiger partial charge in [-0.1, -0.05) is 35.9 Å². The Labute approximate surface area is 178 Å². The third kappa shape index (κ3) is 2.51. The van der Waals surface area contributed by atoms with Gasteiger partial charge in [-0.05, 0) is 66.5 Å². The zero-order valence-electron chi connectivity index (χ0n) is 16.0. The van der Waals surface area contributed by atoms with Gasteiger partial charge in [-0.3, -0.25) is 14.4 Å². The van der Waals surface area contributed by atoms with Gasteiger partial charge >= 0.3 is 0 Å². The minimum absolute atomic E-state index is 0.123. The quantitative estimate of drug-likeness (QED) is 0.601. The van der Waals surface area contributed by atoms with Crippen LogP contribution in [-0.4, -0.2) is 17.7 Å². The topological polar surface area (TPSA) is 66.5 Å². The van der Waals surface area contributed by atoms with E-state index in [1.54, 1.807) is 48.5 Å². The number of nitrogens with zero attached hydrogens (tertiary/aromatic N) is 1. The van der Waals surface area contributed by atoms with Crippen LogP contribution in [0.5, 0.6) is 0 Å². The van der Waals surface area contributed by atoms with E-state index in [0.717, 1.165) is 6.42 Å². The van der Waals surface area contributed by atoms with E-state index in [1.165, 1.54) is 4.90 Å². The molecule has 6 atom stereocenters. The van der Waals surface area contributed by atoms with Gasteiger partial charge in [0.2, 0.25) is 11.8 Å². The molecule has 30 heavy (non-hydrogen) atoms. The Kier molecular flexibility index (Phi) is 3.75. The van der Waals surface area contributed by atoms with E-state index in [1.807, 2.05) is 0 Å². The minimum atomic E-state index is -0.321. The molecule has 0 unspecified atom stereocenters. The third-order valence-electron chi connectivity index (χ3n) is 7.11. The molecule has 1 aliphatic heterocycles. The lowest BCUT2D eigenvalue weighted by Gasteiger charge is -2.37. The molecule has 5 nitrogen and oxygen atoms in total. The van der Waals surface area contributed by atoms with Gasteiger partial charge in [0.05, 0.1) is 17.5 Å². The zero-order chi connectivity index (χ0) is 20.6. The summed E-state index contributed by atoms with van der Waals surface area (Å²) >= 11 is 5.98. The smallest absolute Gasteiger partial charge is 0.255 e. The first-order valence-electron chi connectivity index (χ1n) is 10.3. The molecule has 1 heterocycles. The molecule has 0 spiro atoms. The van der Waals surface area contributed by atoms with Gasteiger partial charge < -0.3 is 5.32 Å². The fourth-order valence-electron chi connectivity index (χ4n) is 5.77. The number of halogens is 1. The molecule has 7 rings (SSSR count). The average Bonchev–Trinajstić information content (AvgIpc) is 3.52. The molecule has 2 saturated carbocycles. The van der Waals surface area contributed by atoms with Crippen LogP contribution in [0.25, 0.3) is 0 Å². The molecule has 0 radical (unpaired) electrons. The van der Waals surface area contributed by atoms with Crippen LogP contribution in [0, 0.1) is 35.5 Å². The van der Waals surface area contributed by atoms with Crippen LogP contribution < -0.4 is 10.2 Å². The summed E-state index contributed by atoms with van der Waals surface area (Å²) < 4.78 is 0. The highest BCUT2D eigenvalue weighted by Gasteiger charge is 2.67. The summed E-state index contributed by atoms with van der Waals surface area (Å²) in [5, 5.41) is 3.33. The molecule has 150 valence electrons. The molecule has 2 aromatic rings. The van der Waals surface area contributed by atoms with Crippen molar-refractivity contribution in [2.24, 2.45) is 35.5 Å². The summed E-state index contributed by atoms with van der Waals surface area (Å²) in [6.45, 7) is 0. The van der Waals surface area contributed by atoms with Crippen molar-refractivity contribution in [1.82, 2.24) is 0 Å². The summed E-state index contributed by atoms with van der Waals surface area (Å²) in [7, 11) is 0. The Morgan fingerprint density at radius 3 is 2.27 bits per heavy atom. The number of imide groups is 1. The first kappa shape index (κ1) is 17.9. The van der Waals surface area contributed by atoms with E-state index in [2.05, 4.69) is 17.5 Å². The highest BCUT2D eigenvalue weighted by atomic mass is 35.5. The second-order valence-corrected chi connectivity index (χ2v) is 9.12. The lowest BCUT2D eigenvalue weighted by atomic mass is 9.63. The summed E-state index contributed by atoms with van der Waals surface area (Å²) in [6.07, 6.45) is 5.45. The number of anilines is 2. The van der Waals surface area contributed by atoms with Crippen molar-refractivity contribution in [3.05, 3.63) is 71.3 Å². The first-order chi connectivity index (χ1) is 14.5. The summed E-state index contributed by atoms with van der Waals surface area (Å²) in [5.74, 6) is 0.422. The van der Waals surface area contributed by atoms with E-state index in [4.69, 9.17) is 11.6 Å². The molecule has 4 aliphatic carbocycles. The predicted molar refractivity (Wildman–Crippen MR) is 113 cm³/mol. The summed E-state index contributed by atoms with van der Waals surface area (Å²) in [6, 6.07) is 13.6. The van der Waals surface area contributed by atoms with Crippen molar-refractivity contribution in [2.75, 3.05) is 10.2 Å². The van der Waals surface area contributed by atoms with Gasteiger partial charge in [0.15, 0.2) is 0 Å². The first-order valence-corrected chi connectivity index (χ1v) is 10.6. The Morgan fingerprint density at radius 2 is 1.60 bits per heavy atom. The van der Waals surface area contributed by atoms with Crippen LogP contribution in [0.2, 0.25) is 5.02 Å². The largest absolute Gasteiger partial charge is 0.322 e. The van der Waals surface area contributed by atoms with Gasteiger partial charge in [0, 0.05) is 16.3 Å². The Bertz CT molecular complexity index is 1110. The van der Waals surface area contributed by atoms with Gasteiger partial charge in [0.1, 0.15) is 0 Å². The monoisotopic (exact) mass is 418 g/mol. The van der Waals surface area contributed by atoms with Crippen molar-refractivity contribution in [3.63, 3.8) is 0 Å². The molecule has 1 saturated heterocycles. The van der Waals surface area contributed by atoms with E-state index in [0.29, 0.717) is 33.8 Å². The molecule has 3 amide bonds. The van der Waals surface area contributed by atoms with Gasteiger partial charge in [0.25, 0.3) is 5.91 Å². The van der Waals surface area contributed by atoms with Crippen molar-refractivity contribution < 1.29 is 14.4 Å². The number of rotatable bonds is 3. The number of carbonyl (C=O) groups is 3. The Morgan fingerprint density at radius 1 is 0.933 bits per heavy atom. The van der Waals surface area contributed by atoms with Crippen LogP contribution in [0.15, 0.2) is 60.7 Å². The van der Waals surface area contributed by atoms with Crippen molar-refractivity contribution in [2.45, 2.75) is 6.42 Å². The standard InChI is InChI=1S/C24H19ClN2O3/c25-13-4-2-5-14(10-13)26-22(28)12-3-1-6-15(9-12)27-23(29)20-16-7-8-17(19-11-18(16)19)21(20)24(27)30/h1-10,16-21H,11H2,(H,26,28)/t16-,17-,18-,19-,20+,21+/m0/s1. The number of allylic oxidation sites excluding steroid dienone is 2. The van der Waals surface area contributed by atoms with E-state index in [-0.39, 0.29) is 41.4 Å². The summed E-state index contributed by atoms with van der Waals surface area (Å²) in [5.41, 5.74) is 1.43. The molecular weight excluding hydrogens is 400 g/mol. The van der Waals surface area contributed by atoms with Crippen LogP contribution in [-0.2, 0) is 9.59 Å². The van der Waals surface area contributed by atoms with Gasteiger partial charge in [-0.2, -0.15) is 0 Å². The SMILES string of the molecule is O=C(Nc1cccc(Cl)c1)c1cccc(N2C(=O)[C@@H]3[C@H]4C=C[C@@H]([C@@H]5C[C@@H]45)[C@H]3C2=O)c1. The van der Waals surface area contributed by atoms with E-state index in [9.17, 15) is 14.4 Å². The molecule has 3 fully saturated rings. The second kappa shape index (κ2) is 6.29. The number of amides is 3. The van der Waals surface area contributed by atoms with Gasteiger partial charge in [-0.15, -0.1) is 0 Å². The van der Waals surface area contributed by atoms with Crippen LogP contribution >= 0.6 is 11.6 Å². The fraction of sp³-hybridized carbons (Fsp3) is 0.292. The predicted octanol–water partition coefficient (Wildman–Crippen LogP) is 4.15. The van der Waals surface area contributed by atoms with E-state index >= 15 is 0 Å². The van der Waals surface area contributed by atoms with Crippen molar-refractivity contribution in [3.8, 4) is 0 Å². The van der Waals surface area contributed by atoms with Crippen molar-refractivity contribution >= 4 is 40.7 Å². The molecule has 2 bridgehead atoms. The van der Waals surface area contributed by atoms with Crippen molar-refractivity contribution in [1.29, 1.82) is 0 Å². The Balaban J connectivity index is 1.29. The lowest BCUT2D eigenvalue weighted by molar-refractivity contribution is -0.124. The number of carbonyl (C=O) groups excluding carboxylic acids is 3. The second-order valence-electron chi connectivity index (χ2n) is 8.68. The highest BCUT2D eigenvalue weighted by Crippen LogP contribution is 2.65. The number of benzene rings is 2. The number of hydrogen-bond donors (Lipinski definition) is 1. The molecule has 0 aromatic heterocycles. The van der Waals surface area contributed by atoms with Crippen LogP contribution in [0.3, 0.4) is 0 Å². The highest BCUT2D eigenvalue weighted by molar-refractivity contribution is 6.31. The maximum Gasteiger partial charge on any atom is 0.255 e. The molecular formula is C24H19ClN2O3. The lowest BCUT2D eigenvalue weighted by Crippen LogP contribution is -2.40. The minimum Gasteiger partial charge on any atom is -0.322 e. The zero-order valence-corrected chi connectivity index (χ0v) is 16.8. The maximum atomic E-state index is 13.3. The number of hydrogen-bond acceptors (Lipinski definition) is 3. The van der Waals surface area contributed by atoms with Crippen LogP contribution in [0.4, 0.5) is 11.4 Å². The normalized spacial score (nSPS) is 32.8. The average molecular weight is 419 g/mol. The summed E-state index contributed by atoms with van der Waals surface area (Å²) in [4.78, 5) is 40.6. The number of nitrogens with one attached hydrogen (secondary N) is 1. The van der Waals surface area contributed by atoms with E-state index < -0.39 is 0 Å². The fourth-order valence-corrected chi connectivity index (χ4v) is 5.96. The third-order valence-corrected chi connectivity index (χ3v) is 7.35. The molecule has 6 heteroatoms. The molecule has 1 N–H and O–H groups in total. The molecule has 5 aliphatic rings.